The van der Waals surface area contributed by atoms with Crippen molar-refractivity contribution in [2.75, 3.05) is 6.54 Å². The smallest absolute Gasteiger partial charge is 0.248 e. The molecule has 0 amide bonds. The van der Waals surface area contributed by atoms with E-state index in [1.165, 1.54) is 12.8 Å². The van der Waals surface area contributed by atoms with Crippen LogP contribution < -0.4 is 5.32 Å². The van der Waals surface area contributed by atoms with Gasteiger partial charge in [0.25, 0.3) is 0 Å². The summed E-state index contributed by atoms with van der Waals surface area (Å²) in [5.74, 6) is -1.37. The van der Waals surface area contributed by atoms with Crippen LogP contribution in [0.4, 0.5) is 8.78 Å². The van der Waals surface area contributed by atoms with Gasteiger partial charge in [-0.3, -0.25) is 0 Å². The minimum absolute atomic E-state index is 0.111. The molecule has 3 heteroatoms. The van der Waals surface area contributed by atoms with Gasteiger partial charge in [-0.1, -0.05) is 6.92 Å². The summed E-state index contributed by atoms with van der Waals surface area (Å²) in [5, 5.41) is 3.56. The van der Waals surface area contributed by atoms with Crippen molar-refractivity contribution in [3.8, 4) is 0 Å². The third kappa shape index (κ3) is 4.20. The van der Waals surface area contributed by atoms with Gasteiger partial charge in [0.05, 0.1) is 0 Å². The van der Waals surface area contributed by atoms with Gasteiger partial charge in [-0.25, -0.2) is 8.78 Å². The molecule has 1 nitrogen and oxygen atoms in total. The second-order valence-corrected chi connectivity index (χ2v) is 5.95. The van der Waals surface area contributed by atoms with Gasteiger partial charge in [-0.15, -0.1) is 0 Å². The van der Waals surface area contributed by atoms with Crippen molar-refractivity contribution in [2.24, 2.45) is 11.8 Å². The Hall–Kier alpha value is -0.180. The first-order valence-corrected chi connectivity index (χ1v) is 7.22. The molecule has 17 heavy (non-hydrogen) atoms. The molecule has 0 radical (unpaired) electrons. The van der Waals surface area contributed by atoms with Gasteiger partial charge in [0.15, 0.2) is 0 Å². The summed E-state index contributed by atoms with van der Waals surface area (Å²) >= 11 is 0. The van der Waals surface area contributed by atoms with Gasteiger partial charge in [0.1, 0.15) is 0 Å². The third-order valence-corrected chi connectivity index (χ3v) is 4.18. The van der Waals surface area contributed by atoms with E-state index in [-0.39, 0.29) is 18.8 Å². The molecule has 0 aromatic rings. The molecule has 2 unspecified atom stereocenters. The van der Waals surface area contributed by atoms with Crippen LogP contribution in [0.25, 0.3) is 0 Å². The van der Waals surface area contributed by atoms with E-state index in [1.807, 2.05) is 0 Å². The normalized spacial score (nSPS) is 30.2. The van der Waals surface area contributed by atoms with E-state index in [4.69, 9.17) is 0 Å². The van der Waals surface area contributed by atoms with Crippen molar-refractivity contribution in [2.45, 2.75) is 70.3 Å². The summed E-state index contributed by atoms with van der Waals surface area (Å²) in [7, 11) is 0. The fourth-order valence-corrected chi connectivity index (χ4v) is 3.11. The van der Waals surface area contributed by atoms with Crippen molar-refractivity contribution in [1.82, 2.24) is 5.32 Å². The molecule has 2 rings (SSSR count). The first-order chi connectivity index (χ1) is 8.11. The zero-order valence-electron chi connectivity index (χ0n) is 10.9. The number of nitrogens with one attached hydrogen (secondary N) is 1. The van der Waals surface area contributed by atoms with Crippen molar-refractivity contribution in [3.05, 3.63) is 0 Å². The molecule has 0 bridgehead atoms. The second-order valence-electron chi connectivity index (χ2n) is 5.95. The van der Waals surface area contributed by atoms with Crippen molar-refractivity contribution in [1.29, 1.82) is 0 Å². The molecule has 2 saturated carbocycles. The zero-order chi connectivity index (χ0) is 12.3. The van der Waals surface area contributed by atoms with E-state index in [9.17, 15) is 8.78 Å². The monoisotopic (exact) mass is 245 g/mol. The first kappa shape index (κ1) is 13.3. The Balaban J connectivity index is 1.80. The van der Waals surface area contributed by atoms with Gasteiger partial charge < -0.3 is 5.32 Å². The predicted octanol–water partition coefficient (Wildman–Crippen LogP) is 3.98. The lowest BCUT2D eigenvalue weighted by Gasteiger charge is -2.31. The molecule has 1 N–H and O–H groups in total. The van der Waals surface area contributed by atoms with Crippen molar-refractivity contribution in [3.63, 3.8) is 0 Å². The fourth-order valence-electron chi connectivity index (χ4n) is 3.11. The molecule has 0 heterocycles. The standard InChI is InChI=1S/C14H25F2N/c1-2-8-17-13(12-5-6-12)9-11-4-3-7-14(15,16)10-11/h11-13,17H,2-10H2,1H3. The summed E-state index contributed by atoms with van der Waals surface area (Å²) < 4.78 is 26.7. The van der Waals surface area contributed by atoms with E-state index in [1.54, 1.807) is 0 Å². The minimum Gasteiger partial charge on any atom is -0.314 e. The van der Waals surface area contributed by atoms with Gasteiger partial charge in [0, 0.05) is 18.9 Å². The van der Waals surface area contributed by atoms with Crippen LogP contribution in [0.3, 0.4) is 0 Å². The maximum Gasteiger partial charge on any atom is 0.248 e. The summed E-state index contributed by atoms with van der Waals surface area (Å²) in [6.07, 6.45) is 6.65. The molecular formula is C14H25F2N. The lowest BCUT2D eigenvalue weighted by molar-refractivity contribution is -0.0550. The number of halogens is 2. The highest BCUT2D eigenvalue weighted by atomic mass is 19.3. The Morgan fingerprint density at radius 2 is 2.06 bits per heavy atom. The molecular weight excluding hydrogens is 220 g/mol. The molecule has 2 aliphatic carbocycles. The van der Waals surface area contributed by atoms with Gasteiger partial charge in [0.2, 0.25) is 5.92 Å². The maximum absolute atomic E-state index is 13.4. The van der Waals surface area contributed by atoms with Crippen molar-refractivity contribution < 1.29 is 8.78 Å². The van der Waals surface area contributed by atoms with E-state index in [0.717, 1.165) is 31.7 Å². The van der Waals surface area contributed by atoms with Crippen LogP contribution in [0.15, 0.2) is 0 Å². The number of rotatable bonds is 6. The van der Waals surface area contributed by atoms with Crippen molar-refractivity contribution >= 4 is 0 Å². The molecule has 2 aliphatic rings. The average Bonchev–Trinajstić information content (AvgIpc) is 3.06. The van der Waals surface area contributed by atoms with Gasteiger partial charge in [-0.2, -0.15) is 0 Å². The summed E-state index contributed by atoms with van der Waals surface area (Å²) in [4.78, 5) is 0. The Morgan fingerprint density at radius 1 is 1.29 bits per heavy atom. The Labute approximate surface area is 103 Å². The number of alkyl halides is 2. The Kier molecular flexibility index (Phi) is 4.40. The van der Waals surface area contributed by atoms with Crippen LogP contribution in [-0.2, 0) is 0 Å². The summed E-state index contributed by atoms with van der Waals surface area (Å²) in [5.41, 5.74) is 0. The molecule has 0 aromatic carbocycles. The van der Waals surface area contributed by atoms with Crippen LogP contribution in [-0.4, -0.2) is 18.5 Å². The molecule has 0 aliphatic heterocycles. The molecule has 0 aromatic heterocycles. The lowest BCUT2D eigenvalue weighted by Crippen LogP contribution is -2.36. The highest BCUT2D eigenvalue weighted by molar-refractivity contribution is 4.90. The largest absolute Gasteiger partial charge is 0.314 e. The predicted molar refractivity (Wildman–Crippen MR) is 66.3 cm³/mol. The highest BCUT2D eigenvalue weighted by Gasteiger charge is 2.39. The van der Waals surface area contributed by atoms with Crippen LogP contribution in [0.5, 0.6) is 0 Å². The Morgan fingerprint density at radius 3 is 2.65 bits per heavy atom. The molecule has 100 valence electrons. The quantitative estimate of drug-likeness (QED) is 0.746. The number of hydrogen-bond acceptors (Lipinski definition) is 1. The third-order valence-electron chi connectivity index (χ3n) is 4.18. The molecule has 0 saturated heterocycles. The zero-order valence-corrected chi connectivity index (χ0v) is 10.9. The minimum atomic E-state index is -2.39. The Bertz CT molecular complexity index is 238. The highest BCUT2D eigenvalue weighted by Crippen LogP contribution is 2.42. The molecule has 2 atom stereocenters. The number of hydrogen-bond donors (Lipinski definition) is 1. The summed E-state index contributed by atoms with van der Waals surface area (Å²) in [6.45, 7) is 3.19. The lowest BCUT2D eigenvalue weighted by atomic mass is 9.82. The van der Waals surface area contributed by atoms with Crippen LogP contribution >= 0.6 is 0 Å². The van der Waals surface area contributed by atoms with Crippen LogP contribution in [0.2, 0.25) is 0 Å². The SMILES string of the molecule is CCCNC(CC1CCCC(F)(F)C1)C1CC1. The topological polar surface area (TPSA) is 12.0 Å². The van der Waals surface area contributed by atoms with Gasteiger partial charge in [-0.05, 0) is 56.9 Å². The van der Waals surface area contributed by atoms with Gasteiger partial charge >= 0.3 is 0 Å². The van der Waals surface area contributed by atoms with E-state index in [2.05, 4.69) is 12.2 Å². The molecule has 2 fully saturated rings. The van der Waals surface area contributed by atoms with Crippen LogP contribution in [0, 0.1) is 11.8 Å². The fraction of sp³-hybridized carbons (Fsp3) is 1.00. The average molecular weight is 245 g/mol. The van der Waals surface area contributed by atoms with Crippen LogP contribution in [0.1, 0.15) is 58.3 Å². The van der Waals surface area contributed by atoms with E-state index in [0.29, 0.717) is 12.5 Å². The first-order valence-electron chi connectivity index (χ1n) is 7.22. The summed E-state index contributed by atoms with van der Waals surface area (Å²) in [6, 6.07) is 0.508. The molecule has 0 spiro atoms. The van der Waals surface area contributed by atoms with E-state index >= 15 is 0 Å². The second kappa shape index (κ2) is 5.64. The van der Waals surface area contributed by atoms with E-state index < -0.39 is 5.92 Å². The maximum atomic E-state index is 13.4.